The van der Waals surface area contributed by atoms with Gasteiger partial charge in [0.25, 0.3) is 0 Å². The Morgan fingerprint density at radius 3 is 2.57 bits per heavy atom. The SMILES string of the molecule is CN1SC[C@@H](c2c(F)cccc2F)N/C1=N/C(=O)OC(C)(C)C. The van der Waals surface area contributed by atoms with Crippen molar-refractivity contribution >= 4 is 24.0 Å². The van der Waals surface area contributed by atoms with Gasteiger partial charge < -0.3 is 10.1 Å². The molecule has 0 aliphatic carbocycles. The molecule has 0 saturated carbocycles. The van der Waals surface area contributed by atoms with E-state index in [1.54, 1.807) is 32.1 Å². The first-order valence-electron chi connectivity index (χ1n) is 7.06. The molecule has 1 fully saturated rings. The smallest absolute Gasteiger partial charge is 0.437 e. The third-order valence-electron chi connectivity index (χ3n) is 2.98. The van der Waals surface area contributed by atoms with Gasteiger partial charge in [-0.2, -0.15) is 0 Å². The summed E-state index contributed by atoms with van der Waals surface area (Å²) in [5.41, 5.74) is -0.733. The molecular weight excluding hydrogens is 324 g/mol. The van der Waals surface area contributed by atoms with Gasteiger partial charge in [-0.1, -0.05) is 6.07 Å². The van der Waals surface area contributed by atoms with E-state index in [9.17, 15) is 13.6 Å². The highest BCUT2D eigenvalue weighted by atomic mass is 32.2. The topological polar surface area (TPSA) is 53.9 Å². The number of rotatable bonds is 1. The molecule has 0 radical (unpaired) electrons. The standard InChI is InChI=1S/C15H19F2N3O2S/c1-15(2,3)22-14(21)19-13-18-11(8-23-20(13)4)12-9(16)6-5-7-10(12)17/h5-7,11H,8H2,1-4H3,(H,18,19,21)/t11-/m0/s1. The Kier molecular flexibility index (Phi) is 5.13. The van der Waals surface area contributed by atoms with Gasteiger partial charge in [-0.25, -0.2) is 13.6 Å². The lowest BCUT2D eigenvalue weighted by Gasteiger charge is -2.32. The van der Waals surface area contributed by atoms with Crippen molar-refractivity contribution in [2.24, 2.45) is 4.99 Å². The summed E-state index contributed by atoms with van der Waals surface area (Å²) in [7, 11) is 1.70. The average molecular weight is 343 g/mol. The molecule has 1 saturated heterocycles. The number of nitrogens with zero attached hydrogens (tertiary/aromatic N) is 2. The molecule has 1 atom stereocenters. The van der Waals surface area contributed by atoms with Gasteiger partial charge in [-0.3, -0.25) is 4.31 Å². The van der Waals surface area contributed by atoms with E-state index in [1.807, 2.05) is 0 Å². The van der Waals surface area contributed by atoms with Crippen molar-refractivity contribution in [1.82, 2.24) is 9.62 Å². The van der Waals surface area contributed by atoms with Crippen LogP contribution >= 0.6 is 11.9 Å². The van der Waals surface area contributed by atoms with Crippen LogP contribution in [0, 0.1) is 11.6 Å². The number of nitrogens with one attached hydrogen (secondary N) is 1. The summed E-state index contributed by atoms with van der Waals surface area (Å²) in [5.74, 6) is -0.668. The van der Waals surface area contributed by atoms with Crippen molar-refractivity contribution < 1.29 is 18.3 Å². The molecule has 1 amide bonds. The highest BCUT2D eigenvalue weighted by Crippen LogP contribution is 2.29. The summed E-state index contributed by atoms with van der Waals surface area (Å²) in [6.45, 7) is 5.19. The maximum atomic E-state index is 13.9. The molecule has 0 bridgehead atoms. The number of halogens is 2. The molecule has 1 aromatic carbocycles. The van der Waals surface area contributed by atoms with Crippen LogP contribution < -0.4 is 5.32 Å². The fourth-order valence-corrected chi connectivity index (χ4v) is 2.85. The van der Waals surface area contributed by atoms with Gasteiger partial charge >= 0.3 is 6.09 Å². The lowest BCUT2D eigenvalue weighted by Crippen LogP contribution is -2.44. The van der Waals surface area contributed by atoms with Gasteiger partial charge in [0.1, 0.15) is 17.2 Å². The van der Waals surface area contributed by atoms with Crippen molar-refractivity contribution in [1.29, 1.82) is 0 Å². The van der Waals surface area contributed by atoms with E-state index >= 15 is 0 Å². The largest absolute Gasteiger partial charge is 0.442 e. The van der Waals surface area contributed by atoms with E-state index < -0.39 is 29.4 Å². The second-order valence-corrected chi connectivity index (χ2v) is 7.18. The van der Waals surface area contributed by atoms with E-state index in [0.717, 1.165) is 0 Å². The van der Waals surface area contributed by atoms with E-state index in [1.165, 1.54) is 30.1 Å². The minimum Gasteiger partial charge on any atom is -0.442 e. The van der Waals surface area contributed by atoms with Crippen molar-refractivity contribution in [3.63, 3.8) is 0 Å². The molecule has 1 N–H and O–H groups in total. The number of carbonyl (C=O) groups is 1. The second-order valence-electron chi connectivity index (χ2n) is 6.04. The summed E-state index contributed by atoms with van der Waals surface area (Å²) in [4.78, 5) is 15.7. The van der Waals surface area contributed by atoms with Gasteiger partial charge in [-0.05, 0) is 44.9 Å². The van der Waals surface area contributed by atoms with E-state index in [-0.39, 0.29) is 11.5 Å². The number of carbonyl (C=O) groups excluding carboxylic acids is 1. The van der Waals surface area contributed by atoms with Crippen molar-refractivity contribution in [3.05, 3.63) is 35.4 Å². The van der Waals surface area contributed by atoms with Crippen LogP contribution in [-0.2, 0) is 4.74 Å². The molecule has 1 aromatic rings. The van der Waals surface area contributed by atoms with Gasteiger partial charge in [0.05, 0.1) is 6.04 Å². The summed E-state index contributed by atoms with van der Waals surface area (Å²) in [5, 5.41) is 2.89. The molecule has 5 nitrogen and oxygen atoms in total. The van der Waals surface area contributed by atoms with Crippen LogP contribution in [0.1, 0.15) is 32.4 Å². The molecule has 1 aliphatic rings. The van der Waals surface area contributed by atoms with Crippen molar-refractivity contribution in [3.8, 4) is 0 Å². The van der Waals surface area contributed by atoms with Crippen molar-refractivity contribution in [2.45, 2.75) is 32.4 Å². The molecule has 0 unspecified atom stereocenters. The lowest BCUT2D eigenvalue weighted by molar-refractivity contribution is 0.0602. The summed E-state index contributed by atoms with van der Waals surface area (Å²) in [6, 6.07) is 3.09. The fraction of sp³-hybridized carbons (Fsp3) is 0.467. The summed E-state index contributed by atoms with van der Waals surface area (Å²) in [6.07, 6.45) is -0.762. The van der Waals surface area contributed by atoms with Crippen LogP contribution in [0.15, 0.2) is 23.2 Å². The minimum absolute atomic E-state index is 0.0648. The molecule has 1 heterocycles. The Labute approximate surface area is 138 Å². The maximum absolute atomic E-state index is 13.9. The number of amides is 1. The maximum Gasteiger partial charge on any atom is 0.437 e. The third-order valence-corrected chi connectivity index (χ3v) is 4.02. The zero-order valence-electron chi connectivity index (χ0n) is 13.4. The molecule has 2 rings (SSSR count). The first-order chi connectivity index (χ1) is 10.7. The zero-order chi connectivity index (χ0) is 17.2. The number of aliphatic imine (C=N–C) groups is 1. The van der Waals surface area contributed by atoms with Crippen LogP contribution in [0.3, 0.4) is 0 Å². The quantitative estimate of drug-likeness (QED) is 0.791. The lowest BCUT2D eigenvalue weighted by atomic mass is 10.1. The number of hydrogen-bond acceptors (Lipinski definition) is 3. The Morgan fingerprint density at radius 1 is 1.39 bits per heavy atom. The minimum atomic E-state index is -0.762. The Bertz CT molecular complexity index is 611. The molecule has 0 spiro atoms. The van der Waals surface area contributed by atoms with Crippen LogP contribution in [0.5, 0.6) is 0 Å². The normalized spacial score (nSPS) is 20.3. The summed E-state index contributed by atoms with van der Waals surface area (Å²) >= 11 is 1.31. The van der Waals surface area contributed by atoms with E-state index in [4.69, 9.17) is 4.74 Å². The third kappa shape index (κ3) is 4.57. The van der Waals surface area contributed by atoms with Gasteiger partial charge in [0.2, 0.25) is 5.96 Å². The number of ether oxygens (including phenoxy) is 1. The molecule has 1 aliphatic heterocycles. The van der Waals surface area contributed by atoms with Gasteiger partial charge in [0.15, 0.2) is 0 Å². The Hall–Kier alpha value is -1.83. The molecule has 8 heteroatoms. The van der Waals surface area contributed by atoms with Crippen LogP contribution in [0.2, 0.25) is 0 Å². The summed E-state index contributed by atoms with van der Waals surface area (Å²) < 4.78 is 34.6. The molecule has 126 valence electrons. The van der Waals surface area contributed by atoms with E-state index in [2.05, 4.69) is 10.3 Å². The van der Waals surface area contributed by atoms with Crippen molar-refractivity contribution in [2.75, 3.05) is 12.8 Å². The fourth-order valence-electron chi connectivity index (χ4n) is 2.01. The number of hydrogen-bond donors (Lipinski definition) is 1. The van der Waals surface area contributed by atoms with Gasteiger partial charge in [-0.15, -0.1) is 4.99 Å². The Balaban J connectivity index is 2.21. The number of guanidine groups is 1. The zero-order valence-corrected chi connectivity index (χ0v) is 14.2. The monoisotopic (exact) mass is 343 g/mol. The van der Waals surface area contributed by atoms with Gasteiger partial charge in [0, 0.05) is 18.4 Å². The first kappa shape index (κ1) is 17.5. The second kappa shape index (κ2) is 6.74. The highest BCUT2D eigenvalue weighted by Gasteiger charge is 2.28. The van der Waals surface area contributed by atoms with E-state index in [0.29, 0.717) is 5.75 Å². The van der Waals surface area contributed by atoms with Crippen LogP contribution in [0.25, 0.3) is 0 Å². The first-order valence-corrected chi connectivity index (χ1v) is 8.00. The van der Waals surface area contributed by atoms with Crippen LogP contribution in [0.4, 0.5) is 13.6 Å². The highest BCUT2D eigenvalue weighted by molar-refractivity contribution is 7.97. The average Bonchev–Trinajstić information content (AvgIpc) is 2.40. The molecular formula is C15H19F2N3O2S. The number of benzene rings is 1. The Morgan fingerprint density at radius 2 is 2.00 bits per heavy atom. The predicted octanol–water partition coefficient (Wildman–Crippen LogP) is 3.48. The predicted molar refractivity (Wildman–Crippen MR) is 86.1 cm³/mol. The molecule has 23 heavy (non-hydrogen) atoms. The molecule has 0 aromatic heterocycles. The van der Waals surface area contributed by atoms with Crippen LogP contribution in [-0.4, -0.2) is 34.8 Å².